The number of aliphatic hydroxyl groups excluding tert-OH is 1. The fraction of sp³-hybridized carbons (Fsp3) is 1.00. The summed E-state index contributed by atoms with van der Waals surface area (Å²) in [5.41, 5.74) is 0. The van der Waals surface area contributed by atoms with Crippen LogP contribution in [0.2, 0.25) is 0 Å². The minimum Gasteiger partial charge on any atom is -0.379 e. The quantitative estimate of drug-likeness (QED) is 0.478. The number of rotatable bonds is 2. The zero-order chi connectivity index (χ0) is 10.1. The molecule has 1 aliphatic heterocycles. The molecular formula is C6H14N2O4S. The molecule has 1 rings (SSSR count). The standard InChI is InChI=1S/C6H14N2O4S/c1-5(9)8-3-2-7-4-6(8)13(10,11)12/h5-7,9H,2-4H2,1H3,(H,10,11,12). The van der Waals surface area contributed by atoms with E-state index in [1.54, 1.807) is 0 Å². The highest BCUT2D eigenvalue weighted by Gasteiger charge is 2.34. The third-order valence-electron chi connectivity index (χ3n) is 2.06. The highest BCUT2D eigenvalue weighted by atomic mass is 32.2. The Kier molecular flexibility index (Phi) is 3.25. The molecule has 1 aliphatic rings. The van der Waals surface area contributed by atoms with Gasteiger partial charge in [-0.2, -0.15) is 8.42 Å². The second-order valence-corrected chi connectivity index (χ2v) is 4.62. The van der Waals surface area contributed by atoms with Crippen LogP contribution in [0.4, 0.5) is 0 Å². The summed E-state index contributed by atoms with van der Waals surface area (Å²) in [5.74, 6) is 0. The average molecular weight is 210 g/mol. The van der Waals surface area contributed by atoms with Crippen LogP contribution in [0, 0.1) is 0 Å². The van der Waals surface area contributed by atoms with E-state index in [0.29, 0.717) is 13.1 Å². The smallest absolute Gasteiger partial charge is 0.282 e. The van der Waals surface area contributed by atoms with Gasteiger partial charge in [-0.15, -0.1) is 0 Å². The Morgan fingerprint density at radius 2 is 2.23 bits per heavy atom. The third kappa shape index (κ3) is 2.61. The fourth-order valence-corrected chi connectivity index (χ4v) is 2.35. The van der Waals surface area contributed by atoms with E-state index >= 15 is 0 Å². The van der Waals surface area contributed by atoms with Gasteiger partial charge in [-0.3, -0.25) is 9.45 Å². The van der Waals surface area contributed by atoms with Crippen LogP contribution in [0.15, 0.2) is 0 Å². The van der Waals surface area contributed by atoms with Crippen molar-refractivity contribution in [3.8, 4) is 0 Å². The first-order valence-electron chi connectivity index (χ1n) is 4.04. The summed E-state index contributed by atoms with van der Waals surface area (Å²) >= 11 is 0. The molecule has 0 amide bonds. The van der Waals surface area contributed by atoms with Crippen molar-refractivity contribution in [2.75, 3.05) is 19.6 Å². The summed E-state index contributed by atoms with van der Waals surface area (Å²) in [7, 11) is -4.12. The Hall–Kier alpha value is -0.210. The molecule has 0 aromatic rings. The molecule has 78 valence electrons. The molecule has 1 fully saturated rings. The predicted molar refractivity (Wildman–Crippen MR) is 46.6 cm³/mol. The second-order valence-electron chi connectivity index (χ2n) is 3.04. The van der Waals surface area contributed by atoms with Crippen LogP contribution in [0.3, 0.4) is 0 Å². The van der Waals surface area contributed by atoms with Crippen LogP contribution in [0.1, 0.15) is 6.92 Å². The van der Waals surface area contributed by atoms with Crippen LogP contribution in [-0.4, -0.2) is 54.2 Å². The lowest BCUT2D eigenvalue weighted by Gasteiger charge is -2.35. The van der Waals surface area contributed by atoms with E-state index in [1.807, 2.05) is 0 Å². The van der Waals surface area contributed by atoms with Crippen molar-refractivity contribution >= 4 is 10.1 Å². The summed E-state index contributed by atoms with van der Waals surface area (Å²) < 4.78 is 30.6. The molecule has 2 unspecified atom stereocenters. The number of aliphatic hydroxyl groups is 1. The first-order valence-corrected chi connectivity index (χ1v) is 5.54. The van der Waals surface area contributed by atoms with Gasteiger partial charge >= 0.3 is 0 Å². The Morgan fingerprint density at radius 3 is 2.62 bits per heavy atom. The normalized spacial score (nSPS) is 28.7. The highest BCUT2D eigenvalue weighted by Crippen LogP contribution is 2.11. The van der Waals surface area contributed by atoms with E-state index in [1.165, 1.54) is 11.8 Å². The van der Waals surface area contributed by atoms with Crippen molar-refractivity contribution in [2.24, 2.45) is 0 Å². The molecular weight excluding hydrogens is 196 g/mol. The van der Waals surface area contributed by atoms with Crippen molar-refractivity contribution in [1.82, 2.24) is 10.2 Å². The molecule has 1 saturated heterocycles. The lowest BCUT2D eigenvalue weighted by atomic mass is 10.3. The summed E-state index contributed by atoms with van der Waals surface area (Å²) in [6.45, 7) is 2.63. The fourth-order valence-electron chi connectivity index (χ4n) is 1.40. The molecule has 0 radical (unpaired) electrons. The molecule has 0 aromatic carbocycles. The van der Waals surface area contributed by atoms with Gasteiger partial charge in [-0.1, -0.05) is 0 Å². The zero-order valence-electron chi connectivity index (χ0n) is 7.34. The molecule has 6 nitrogen and oxygen atoms in total. The Bertz CT molecular complexity index is 264. The van der Waals surface area contributed by atoms with Gasteiger partial charge in [0.15, 0.2) is 5.37 Å². The van der Waals surface area contributed by atoms with Crippen molar-refractivity contribution in [3.63, 3.8) is 0 Å². The maximum Gasteiger partial charge on any atom is 0.282 e. The van der Waals surface area contributed by atoms with Gasteiger partial charge in [0.2, 0.25) is 0 Å². The van der Waals surface area contributed by atoms with Crippen LogP contribution < -0.4 is 5.32 Å². The van der Waals surface area contributed by atoms with Gasteiger partial charge < -0.3 is 10.4 Å². The Morgan fingerprint density at radius 1 is 1.62 bits per heavy atom. The van der Waals surface area contributed by atoms with Gasteiger partial charge in [-0.05, 0) is 6.92 Å². The van der Waals surface area contributed by atoms with E-state index in [9.17, 15) is 13.5 Å². The summed E-state index contributed by atoms with van der Waals surface area (Å²) in [6, 6.07) is 0. The highest BCUT2D eigenvalue weighted by molar-refractivity contribution is 7.86. The van der Waals surface area contributed by atoms with Gasteiger partial charge in [-0.25, -0.2) is 0 Å². The second kappa shape index (κ2) is 3.89. The van der Waals surface area contributed by atoms with Crippen LogP contribution in [-0.2, 0) is 10.1 Å². The minimum absolute atomic E-state index is 0.143. The Labute approximate surface area is 77.3 Å². The predicted octanol–water partition coefficient (Wildman–Crippen LogP) is -1.56. The van der Waals surface area contributed by atoms with E-state index in [-0.39, 0.29) is 6.54 Å². The molecule has 0 aromatic heterocycles. The lowest BCUT2D eigenvalue weighted by Crippen LogP contribution is -2.57. The van der Waals surface area contributed by atoms with Crippen LogP contribution in [0.25, 0.3) is 0 Å². The SMILES string of the molecule is CC(O)N1CCNCC1S(=O)(=O)O. The van der Waals surface area contributed by atoms with E-state index in [0.717, 1.165) is 0 Å². The summed E-state index contributed by atoms with van der Waals surface area (Å²) in [6.07, 6.45) is -0.867. The third-order valence-corrected chi connectivity index (χ3v) is 3.18. The van der Waals surface area contributed by atoms with Gasteiger partial charge in [0.05, 0.1) is 0 Å². The van der Waals surface area contributed by atoms with E-state index < -0.39 is 21.7 Å². The van der Waals surface area contributed by atoms with E-state index in [4.69, 9.17) is 4.55 Å². The molecule has 7 heteroatoms. The van der Waals surface area contributed by atoms with Crippen molar-refractivity contribution in [2.45, 2.75) is 18.5 Å². The number of hydrogen-bond donors (Lipinski definition) is 3. The summed E-state index contributed by atoms with van der Waals surface area (Å²) in [4.78, 5) is 1.34. The summed E-state index contributed by atoms with van der Waals surface area (Å²) in [5, 5.41) is 11.0. The molecule has 1 heterocycles. The number of piperazine rings is 1. The lowest BCUT2D eigenvalue weighted by molar-refractivity contribution is -0.00261. The van der Waals surface area contributed by atoms with Crippen LogP contribution in [0.5, 0.6) is 0 Å². The van der Waals surface area contributed by atoms with Gasteiger partial charge in [0, 0.05) is 19.6 Å². The van der Waals surface area contributed by atoms with Crippen molar-refractivity contribution < 1.29 is 18.1 Å². The molecule has 13 heavy (non-hydrogen) atoms. The average Bonchev–Trinajstić information content (AvgIpc) is 2.03. The maximum absolute atomic E-state index is 10.9. The first kappa shape index (κ1) is 10.9. The van der Waals surface area contributed by atoms with Crippen molar-refractivity contribution in [3.05, 3.63) is 0 Å². The topological polar surface area (TPSA) is 89.9 Å². The molecule has 0 saturated carbocycles. The number of nitrogens with one attached hydrogen (secondary N) is 1. The minimum atomic E-state index is -4.12. The van der Waals surface area contributed by atoms with Crippen LogP contribution >= 0.6 is 0 Å². The van der Waals surface area contributed by atoms with Crippen molar-refractivity contribution in [1.29, 1.82) is 0 Å². The molecule has 3 N–H and O–H groups in total. The molecule has 0 aliphatic carbocycles. The molecule has 0 bridgehead atoms. The van der Waals surface area contributed by atoms with Gasteiger partial charge in [0.1, 0.15) is 6.23 Å². The van der Waals surface area contributed by atoms with Gasteiger partial charge in [0.25, 0.3) is 10.1 Å². The zero-order valence-corrected chi connectivity index (χ0v) is 8.16. The monoisotopic (exact) mass is 210 g/mol. The number of hydrogen-bond acceptors (Lipinski definition) is 5. The van der Waals surface area contributed by atoms with E-state index in [2.05, 4.69) is 5.32 Å². The molecule has 0 spiro atoms. The first-order chi connectivity index (χ1) is 5.93. The Balaban J connectivity index is 2.80. The largest absolute Gasteiger partial charge is 0.379 e. The number of nitrogens with zero attached hydrogens (tertiary/aromatic N) is 1. The maximum atomic E-state index is 10.9. The molecule has 2 atom stereocenters.